The van der Waals surface area contributed by atoms with E-state index in [-0.39, 0.29) is 123 Å². The molecule has 2 fully saturated rings. The molecule has 2 aliphatic carbocycles. The fourth-order valence-electron chi connectivity index (χ4n) is 10.2. The number of rotatable bonds is 45. The smallest absolute Gasteiger partial charge is 0.255 e. The molecule has 94 heavy (non-hydrogen) atoms. The number of carbonyl (C=O) groups is 10. The minimum atomic E-state index is -2.84. The maximum Gasteiger partial charge on any atom is 0.255 e. The van der Waals surface area contributed by atoms with Crippen LogP contribution in [0, 0.1) is 0 Å². The fraction of sp³-hybridized carbons (Fsp3) is 0.821. The number of hydrazine groups is 1. The summed E-state index contributed by atoms with van der Waals surface area (Å²) in [7, 11) is 0. The van der Waals surface area contributed by atoms with E-state index in [1.54, 1.807) is 0 Å². The largest absolute Gasteiger partial charge is 0.394 e. The van der Waals surface area contributed by atoms with Gasteiger partial charge in [0.15, 0.2) is 5.60 Å². The van der Waals surface area contributed by atoms with Crippen LogP contribution < -0.4 is 64.9 Å². The van der Waals surface area contributed by atoms with E-state index in [9.17, 15) is 130 Å². The summed E-state index contributed by atoms with van der Waals surface area (Å²) in [6.07, 6.45) is -23.7. The average molecular weight is 1360 g/mol. The Labute approximate surface area is 541 Å². The molecule has 0 bridgehead atoms. The van der Waals surface area contributed by atoms with Crippen LogP contribution in [0.2, 0.25) is 0 Å². The molecule has 30 N–H and O–H groups in total. The zero-order valence-corrected chi connectivity index (χ0v) is 52.6. The normalized spacial score (nSPS) is 24.7. The lowest BCUT2D eigenvalue weighted by molar-refractivity contribution is -0.172. The van der Waals surface area contributed by atoms with Gasteiger partial charge in [-0.2, -0.15) is 0 Å². The van der Waals surface area contributed by atoms with E-state index in [0.29, 0.717) is 0 Å². The number of nitrogens with two attached hydrogens (primary N) is 2. The van der Waals surface area contributed by atoms with Gasteiger partial charge in [0.1, 0.15) is 59.8 Å². The second-order valence-electron chi connectivity index (χ2n) is 24.1. The topological polar surface area (TPSA) is 667 Å². The number of unbranched alkanes of at least 4 members (excludes halogenated alkanes) is 4. The van der Waals surface area contributed by atoms with Crippen LogP contribution >= 0.6 is 0 Å². The van der Waals surface area contributed by atoms with Crippen LogP contribution in [0.5, 0.6) is 0 Å². The lowest BCUT2D eigenvalue weighted by Gasteiger charge is -2.39. The number of carbonyl (C=O) groups excluding carboxylic acids is 10. The first-order chi connectivity index (χ1) is 44.1. The molecule has 0 aromatic heterocycles. The Morgan fingerprint density at radius 1 is 0.500 bits per heavy atom. The van der Waals surface area contributed by atoms with Gasteiger partial charge in [-0.15, -0.1) is 0 Å². The zero-order chi connectivity index (χ0) is 71.1. The second kappa shape index (κ2) is 41.8. The molecular formula is C56H102N12O26. The van der Waals surface area contributed by atoms with Crippen molar-refractivity contribution in [1.82, 2.24) is 53.3 Å². The Morgan fingerprint density at radius 2 is 0.872 bits per heavy atom. The lowest BCUT2D eigenvalue weighted by atomic mass is 9.79. The van der Waals surface area contributed by atoms with Gasteiger partial charge in [-0.3, -0.25) is 59.2 Å². The highest BCUT2D eigenvalue weighted by molar-refractivity contribution is 5.95. The molecule has 0 aromatic rings. The Bertz CT molecular complexity index is 2400. The molecule has 0 radical (unpaired) electrons. The number of primary amides is 1. The van der Waals surface area contributed by atoms with Gasteiger partial charge in [0, 0.05) is 77.7 Å². The van der Waals surface area contributed by atoms with Gasteiger partial charge in [0.25, 0.3) is 17.7 Å². The highest BCUT2D eigenvalue weighted by Gasteiger charge is 2.50. The summed E-state index contributed by atoms with van der Waals surface area (Å²) in [6, 6.07) is -6.22. The van der Waals surface area contributed by atoms with Crippen molar-refractivity contribution in [3.8, 4) is 0 Å². The molecule has 14 atom stereocenters. The van der Waals surface area contributed by atoms with Gasteiger partial charge in [0.2, 0.25) is 41.4 Å². The minimum Gasteiger partial charge on any atom is -0.394 e. The summed E-state index contributed by atoms with van der Waals surface area (Å²) in [6.45, 7) is -2.10. The van der Waals surface area contributed by atoms with Gasteiger partial charge in [-0.25, -0.2) is 0 Å². The summed E-state index contributed by atoms with van der Waals surface area (Å²) in [5.74, 6) is -4.47. The van der Waals surface area contributed by atoms with Crippen molar-refractivity contribution < 1.29 is 130 Å². The number of amides is 10. The molecule has 38 nitrogen and oxygen atoms in total. The lowest BCUT2D eigenvalue weighted by Crippen LogP contribution is -2.60. The van der Waals surface area contributed by atoms with Crippen LogP contribution in [0.4, 0.5) is 0 Å². The fourth-order valence-corrected chi connectivity index (χ4v) is 10.2. The van der Waals surface area contributed by atoms with Crippen molar-refractivity contribution in [3.05, 3.63) is 0 Å². The molecule has 0 aliphatic heterocycles. The van der Waals surface area contributed by atoms with Crippen molar-refractivity contribution in [2.75, 3.05) is 52.5 Å². The highest BCUT2D eigenvalue weighted by Crippen LogP contribution is 2.31. The predicted octanol–water partition coefficient (Wildman–Crippen LogP) is -12.9. The maximum absolute atomic E-state index is 14.5. The van der Waals surface area contributed by atoms with Crippen molar-refractivity contribution in [2.24, 2.45) is 11.6 Å². The van der Waals surface area contributed by atoms with E-state index in [2.05, 4.69) is 53.3 Å². The van der Waals surface area contributed by atoms with E-state index >= 15 is 0 Å². The molecule has 0 aromatic carbocycles. The third-order valence-electron chi connectivity index (χ3n) is 16.1. The van der Waals surface area contributed by atoms with Crippen molar-refractivity contribution in [2.45, 2.75) is 237 Å². The van der Waals surface area contributed by atoms with Crippen molar-refractivity contribution in [1.29, 1.82) is 0 Å². The molecule has 0 heterocycles. The van der Waals surface area contributed by atoms with Crippen molar-refractivity contribution in [3.63, 3.8) is 0 Å². The molecule has 2 rings (SSSR count). The summed E-state index contributed by atoms with van der Waals surface area (Å²) in [4.78, 5) is 133. The molecule has 0 saturated heterocycles. The molecule has 38 heteroatoms. The minimum absolute atomic E-state index is 0.0195. The number of aliphatic hydroxyl groups excluding tert-OH is 13. The first kappa shape index (κ1) is 84.1. The predicted molar refractivity (Wildman–Crippen MR) is 323 cm³/mol. The third kappa shape index (κ3) is 28.7. The van der Waals surface area contributed by atoms with Crippen molar-refractivity contribution >= 4 is 59.1 Å². The number of aliphatic hydroxyl groups is 16. The van der Waals surface area contributed by atoms with E-state index in [1.165, 1.54) is 0 Å². The second-order valence-corrected chi connectivity index (χ2v) is 24.1. The average Bonchev–Trinajstić information content (AvgIpc) is 0.816. The van der Waals surface area contributed by atoms with Gasteiger partial charge >= 0.3 is 0 Å². The van der Waals surface area contributed by atoms with Gasteiger partial charge in [0.05, 0.1) is 62.5 Å². The van der Waals surface area contributed by atoms with Crippen LogP contribution in [-0.2, 0) is 47.9 Å². The van der Waals surface area contributed by atoms with E-state index in [1.807, 2.05) is 0 Å². The molecule has 10 amide bonds. The van der Waals surface area contributed by atoms with Crippen LogP contribution in [-0.4, -0.2) is 301 Å². The summed E-state index contributed by atoms with van der Waals surface area (Å²) < 4.78 is 0. The highest BCUT2D eigenvalue weighted by atomic mass is 16.4. The van der Waals surface area contributed by atoms with E-state index < -0.39 is 219 Å². The van der Waals surface area contributed by atoms with Gasteiger partial charge in [-0.05, 0) is 84.0 Å². The Kier molecular flexibility index (Phi) is 37.4. The van der Waals surface area contributed by atoms with Gasteiger partial charge in [-0.1, -0.05) is 0 Å². The van der Waals surface area contributed by atoms with Crippen LogP contribution in [0.1, 0.15) is 129 Å². The SMILES string of the molecule is CC(O)C(O)CC(O)(CO)C(=O)NC(CCCCNC(=O)C1(O)CC(O)C(O)C(O)C1)C(=O)NC(CCCCNC(=O)C(CCCCNC(=O)C1(O)CC(O)C(O)C(O)C1)NC(=O)C(O)CC(O)C(O)CO)C(=O)NC(CCCCNC(=O)CNN)C(=O)NCCC(N)=O. The number of hydrogen-bond donors (Lipinski definition) is 28. The summed E-state index contributed by atoms with van der Waals surface area (Å²) >= 11 is 0. The van der Waals surface area contributed by atoms with Crippen LogP contribution in [0.3, 0.4) is 0 Å². The first-order valence-corrected chi connectivity index (χ1v) is 31.3. The summed E-state index contributed by atoms with van der Waals surface area (Å²) in [5, 5.41) is 186. The van der Waals surface area contributed by atoms with E-state index in [0.717, 1.165) is 6.92 Å². The first-order valence-electron chi connectivity index (χ1n) is 31.3. The van der Waals surface area contributed by atoms with Crippen LogP contribution in [0.25, 0.3) is 0 Å². The number of nitrogens with one attached hydrogen (secondary N) is 10. The molecule has 2 saturated carbocycles. The maximum atomic E-state index is 14.5. The zero-order valence-electron chi connectivity index (χ0n) is 52.6. The quantitative estimate of drug-likeness (QED) is 0.0153. The Morgan fingerprint density at radius 3 is 1.26 bits per heavy atom. The van der Waals surface area contributed by atoms with Crippen LogP contribution in [0.15, 0.2) is 0 Å². The number of hydrogen-bond acceptors (Lipinski definition) is 28. The van der Waals surface area contributed by atoms with Gasteiger partial charge < -0.3 is 135 Å². The summed E-state index contributed by atoms with van der Waals surface area (Å²) in [5.41, 5.74) is 0.0714. The molecule has 2 aliphatic rings. The monoisotopic (exact) mass is 1360 g/mol. The Hall–Kier alpha value is -6.02. The molecule has 0 spiro atoms. The molecular weight excluding hydrogens is 1260 g/mol. The third-order valence-corrected chi connectivity index (χ3v) is 16.1. The molecule has 14 unspecified atom stereocenters. The standard InChI is InChI=1S/C56H102N12O26/c1-29(71)36(74)21-56(94,28-70)53(91)68-33(13-5-9-18-63-52(90)55(93)24-39(77)45(83)40(78)25-55)49(87)66-32(48(86)65-30(47(85)61-19-14-42(57)80)10-2-6-15-59-43(81)26-64-58)12-3-7-16-60-46(84)31(67-50(88)35(73)20-34(72)41(79)27-69)11-4-8-17-62-51(89)54(92)22-37(75)44(82)38(76)23-54/h29-41,44-45,64,69-79,82-83,92-94H,2-28,58H2,1H3,(H2,57,80)(H,59,81)(H,60,84)(H,61,85)(H,62,89)(H,63,90)(H,65,86)(H,66,87)(H,67,88)(H,68,91). The Balaban J connectivity index is 2.48. The van der Waals surface area contributed by atoms with E-state index in [4.69, 9.17) is 11.6 Å². The molecule has 542 valence electrons.